The molecule has 21 nitrogen and oxygen atoms in total. The number of aromatic hydroxyl groups is 1. The third kappa shape index (κ3) is 11.8. The quantitative estimate of drug-likeness (QED) is 0.0263. The largest absolute Gasteiger partial charge is 0.508 e. The molecule has 2 aromatic heterocycles. The summed E-state index contributed by atoms with van der Waals surface area (Å²) in [6, 6.07) is 6.63. The lowest BCUT2D eigenvalue weighted by Gasteiger charge is -2.26. The van der Waals surface area contributed by atoms with Crippen LogP contribution in [-0.4, -0.2) is 115 Å². The van der Waals surface area contributed by atoms with Gasteiger partial charge in [-0.1, -0.05) is 30.3 Å². The predicted molar refractivity (Wildman–Crippen MR) is 201 cm³/mol. The van der Waals surface area contributed by atoms with Gasteiger partial charge in [-0.3, -0.25) is 39.0 Å². The van der Waals surface area contributed by atoms with E-state index in [4.69, 9.17) is 5.84 Å². The van der Waals surface area contributed by atoms with E-state index in [9.17, 15) is 43.8 Å². The van der Waals surface area contributed by atoms with E-state index in [2.05, 4.69) is 46.9 Å². The van der Waals surface area contributed by atoms with Gasteiger partial charge in [0.05, 0.1) is 19.5 Å². The van der Waals surface area contributed by atoms with E-state index >= 15 is 0 Å². The summed E-state index contributed by atoms with van der Waals surface area (Å²) in [5.41, 5.74) is 4.26. The smallest absolute Gasteiger partial charge is 0.253 e. The molecule has 2 aromatic carbocycles. The van der Waals surface area contributed by atoms with Crippen molar-refractivity contribution in [2.75, 3.05) is 13.2 Å². The maximum atomic E-state index is 14.0. The number of nitrogens with two attached hydrogens (primary N) is 1. The number of nitrogens with zero attached hydrogens (tertiary/aromatic N) is 1. The molecule has 1 saturated heterocycles. The van der Waals surface area contributed by atoms with Gasteiger partial charge in [-0.2, -0.15) is 0 Å². The number of nitrogens with one attached hydrogen (secondary N) is 9. The molecule has 3 heterocycles. The summed E-state index contributed by atoms with van der Waals surface area (Å²) in [6.07, 6.45) is 4.64. The van der Waals surface area contributed by atoms with Crippen LogP contribution < -0.4 is 43.2 Å². The lowest BCUT2D eigenvalue weighted by atomic mass is 10.0. The molecule has 5 atom stereocenters. The molecule has 1 aliphatic rings. The average molecular weight is 792 g/mol. The molecule has 4 aromatic rings. The number of phenols is 1. The molecule has 5 rings (SSSR count). The number of phenolic OH excluding ortho intramolecular Hbond substituents is 1. The first kappa shape index (κ1) is 42.9. The van der Waals surface area contributed by atoms with Crippen molar-refractivity contribution in [1.29, 1.82) is 0 Å². The van der Waals surface area contributed by atoms with Crippen molar-refractivity contribution >= 4 is 52.3 Å². The molecule has 57 heavy (non-hydrogen) atoms. The van der Waals surface area contributed by atoms with Crippen LogP contribution >= 0.6 is 0 Å². The number of aromatic amines is 2. The van der Waals surface area contributed by atoms with Gasteiger partial charge in [-0.05, 0) is 35.7 Å². The van der Waals surface area contributed by atoms with Crippen LogP contribution in [0.3, 0.4) is 0 Å². The van der Waals surface area contributed by atoms with Gasteiger partial charge in [0.25, 0.3) is 5.91 Å². The zero-order valence-corrected chi connectivity index (χ0v) is 30.5. The maximum Gasteiger partial charge on any atom is 0.253 e. The highest BCUT2D eigenvalue weighted by molar-refractivity contribution is 5.98. The van der Waals surface area contributed by atoms with Gasteiger partial charge in [0, 0.05) is 54.7 Å². The molecule has 21 heteroatoms. The van der Waals surface area contributed by atoms with Crippen LogP contribution in [0.2, 0.25) is 0 Å². The number of imidazole rings is 1. The second kappa shape index (κ2) is 20.2. The number of aliphatic hydroxyl groups excluding tert-OH is 1. The number of carbonyl (C=O) groups excluding carboxylic acids is 7. The van der Waals surface area contributed by atoms with Crippen molar-refractivity contribution in [3.63, 3.8) is 0 Å². The first-order chi connectivity index (χ1) is 26.9. The Hall–Kier alpha value is -6.84. The molecule has 1 aliphatic heterocycles. The number of rotatable bonds is 18. The van der Waals surface area contributed by atoms with E-state index in [0.29, 0.717) is 16.8 Å². The lowest BCUT2D eigenvalue weighted by molar-refractivity contribution is -0.135. The Morgan fingerprint density at radius 1 is 0.825 bits per heavy atom. The van der Waals surface area contributed by atoms with Gasteiger partial charge in [0.1, 0.15) is 36.0 Å². The van der Waals surface area contributed by atoms with Crippen LogP contribution in [0.15, 0.2) is 67.3 Å². The number of fused-ring (bicyclic) bond motifs is 1. The Bertz CT molecular complexity index is 2040. The number of benzene rings is 2. The molecule has 1 fully saturated rings. The minimum Gasteiger partial charge on any atom is -0.508 e. The maximum absolute atomic E-state index is 14.0. The average Bonchev–Trinajstić information content (AvgIpc) is 3.97. The summed E-state index contributed by atoms with van der Waals surface area (Å²) in [7, 11) is 0. The number of aromatic nitrogens is 3. The summed E-state index contributed by atoms with van der Waals surface area (Å²) in [6.45, 7) is -1.43. The first-order valence-corrected chi connectivity index (χ1v) is 17.6. The SMILES string of the molecule is NNC(=O)CNC(=O)[C@H](Cc1ccc(O)cc1)NC(=O)[C@H](CO)NC(=O)[C@H](Cc1c[nH]c2ccccc12)NC(=O)[C@H](Cc1cnc[nH]1)NC(=O)[C@@H]1CCC(=O)N1.O. The van der Waals surface area contributed by atoms with Crippen molar-refractivity contribution < 1.29 is 49.3 Å². The molecule has 0 saturated carbocycles. The minimum absolute atomic E-state index is 0. The van der Waals surface area contributed by atoms with Crippen molar-refractivity contribution in [2.24, 2.45) is 5.84 Å². The summed E-state index contributed by atoms with van der Waals surface area (Å²) in [4.78, 5) is 101. The zero-order valence-electron chi connectivity index (χ0n) is 30.5. The highest BCUT2D eigenvalue weighted by Gasteiger charge is 2.34. The molecular weight excluding hydrogens is 746 g/mol. The van der Waals surface area contributed by atoms with Crippen LogP contribution in [-0.2, 0) is 52.8 Å². The Morgan fingerprint density at radius 2 is 1.47 bits per heavy atom. The van der Waals surface area contributed by atoms with Crippen molar-refractivity contribution in [1.82, 2.24) is 52.3 Å². The molecular formula is C36H45N11O10. The van der Waals surface area contributed by atoms with Crippen molar-refractivity contribution in [2.45, 2.75) is 62.3 Å². The van der Waals surface area contributed by atoms with Gasteiger partial charge in [-0.15, -0.1) is 0 Å². The number of amides is 7. The third-order valence-electron chi connectivity index (χ3n) is 9.06. The fourth-order valence-electron chi connectivity index (χ4n) is 6.07. The summed E-state index contributed by atoms with van der Waals surface area (Å²) < 4.78 is 0. The molecule has 0 spiro atoms. The van der Waals surface area contributed by atoms with Crippen molar-refractivity contribution in [3.05, 3.63) is 84.1 Å². The Morgan fingerprint density at radius 3 is 2.11 bits per heavy atom. The topological polar surface area (TPSA) is 346 Å². The zero-order chi connectivity index (χ0) is 40.2. The number of hydrogen-bond acceptors (Lipinski definition) is 11. The Balaban J connectivity index is 0.00000720. The number of hydrazine groups is 1. The standard InChI is InChI=1S/C36H43N11O9.H2O/c37-47-31(51)16-40-32(52)26(11-19-5-7-22(49)8-6-19)43-36(56)29(17-48)46-34(54)27(12-20-14-39-24-4-2-1-3-23(20)24)44-35(55)28(13-21-15-38-18-41-21)45-33(53)25-9-10-30(50)42-25;/h1-8,14-15,18,25-29,39,48-49H,9-13,16-17,37H2,(H,38,41)(H,40,52)(H,42,50)(H,43,56)(H,44,55)(H,45,53)(H,46,54)(H,47,51);1H2/t25-,26-,27-,28-,29-;/m0./s1. The van der Waals surface area contributed by atoms with Crippen LogP contribution in [0.5, 0.6) is 5.75 Å². The van der Waals surface area contributed by atoms with Crippen LogP contribution in [0.4, 0.5) is 0 Å². The number of carbonyl (C=O) groups is 7. The number of para-hydroxylation sites is 1. The minimum atomic E-state index is -1.63. The summed E-state index contributed by atoms with van der Waals surface area (Å²) >= 11 is 0. The number of hydrogen-bond donors (Lipinski definition) is 12. The van der Waals surface area contributed by atoms with Gasteiger partial charge < -0.3 is 57.6 Å². The second-order valence-electron chi connectivity index (χ2n) is 13.1. The Kier molecular flexibility index (Phi) is 15.2. The normalized spacial score (nSPS) is 15.5. The van der Waals surface area contributed by atoms with E-state index in [0.717, 1.165) is 10.9 Å². The molecule has 15 N–H and O–H groups in total. The van der Waals surface area contributed by atoms with Gasteiger partial charge in [0.2, 0.25) is 35.4 Å². The molecule has 0 radical (unpaired) electrons. The van der Waals surface area contributed by atoms with Gasteiger partial charge in [-0.25, -0.2) is 10.8 Å². The predicted octanol–water partition coefficient (Wildman–Crippen LogP) is -3.88. The second-order valence-corrected chi connectivity index (χ2v) is 13.1. The summed E-state index contributed by atoms with van der Waals surface area (Å²) in [5.74, 6) is 0.0468. The van der Waals surface area contributed by atoms with E-state index in [1.54, 1.807) is 12.3 Å². The monoisotopic (exact) mass is 791 g/mol. The summed E-state index contributed by atoms with van der Waals surface area (Å²) in [5, 5.41) is 35.9. The first-order valence-electron chi connectivity index (χ1n) is 17.6. The fraction of sp³-hybridized carbons (Fsp3) is 0.333. The van der Waals surface area contributed by atoms with Crippen LogP contribution in [0.25, 0.3) is 10.9 Å². The van der Waals surface area contributed by atoms with E-state index in [-0.39, 0.29) is 49.2 Å². The van der Waals surface area contributed by atoms with Crippen LogP contribution in [0, 0.1) is 0 Å². The molecule has 0 unspecified atom stereocenters. The lowest BCUT2D eigenvalue weighted by Crippen LogP contribution is -2.60. The van der Waals surface area contributed by atoms with E-state index < -0.39 is 78.8 Å². The fourth-order valence-corrected chi connectivity index (χ4v) is 6.07. The van der Waals surface area contributed by atoms with E-state index in [1.807, 2.05) is 23.6 Å². The number of H-pyrrole nitrogens is 2. The van der Waals surface area contributed by atoms with Crippen LogP contribution in [0.1, 0.15) is 29.7 Å². The highest BCUT2D eigenvalue weighted by atomic mass is 16.3. The van der Waals surface area contributed by atoms with Gasteiger partial charge >= 0.3 is 0 Å². The number of aliphatic hydroxyl groups is 1. The third-order valence-corrected chi connectivity index (χ3v) is 9.06. The Labute approximate surface area is 324 Å². The van der Waals surface area contributed by atoms with Crippen molar-refractivity contribution in [3.8, 4) is 5.75 Å². The molecule has 0 aliphatic carbocycles. The molecule has 7 amide bonds. The highest BCUT2D eigenvalue weighted by Crippen LogP contribution is 2.20. The van der Waals surface area contributed by atoms with E-state index in [1.165, 1.54) is 36.8 Å². The van der Waals surface area contributed by atoms with Gasteiger partial charge in [0.15, 0.2) is 0 Å². The molecule has 0 bridgehead atoms. The molecule has 304 valence electrons.